The molecule has 4 heterocycles. The Bertz CT molecular complexity index is 1350. The third-order valence-electron chi connectivity index (χ3n) is 5.95. The number of rotatable bonds is 2. The lowest BCUT2D eigenvalue weighted by atomic mass is 9.78. The predicted molar refractivity (Wildman–Crippen MR) is 113 cm³/mol. The van der Waals surface area contributed by atoms with Gasteiger partial charge in [0, 0.05) is 46.6 Å². The van der Waals surface area contributed by atoms with Crippen molar-refractivity contribution in [2.75, 3.05) is 0 Å². The van der Waals surface area contributed by atoms with Crippen LogP contribution >= 0.6 is 0 Å². The maximum atomic E-state index is 12.6. The Morgan fingerprint density at radius 2 is 2.07 bits per heavy atom. The second-order valence-corrected chi connectivity index (χ2v) is 8.82. The fourth-order valence-corrected chi connectivity index (χ4v) is 4.45. The Morgan fingerprint density at radius 3 is 2.73 bits per heavy atom. The van der Waals surface area contributed by atoms with Crippen LogP contribution in [-0.4, -0.2) is 25.8 Å². The molecular weight excluding hydrogens is 382 g/mol. The number of carboxylic acids is 1. The van der Waals surface area contributed by atoms with Gasteiger partial charge in [0.25, 0.3) is 0 Å². The number of pyridine rings is 1. The summed E-state index contributed by atoms with van der Waals surface area (Å²) in [5.41, 5.74) is 4.26. The lowest BCUT2D eigenvalue weighted by molar-refractivity contribution is 0.0693. The maximum absolute atomic E-state index is 12.6. The molecule has 3 aromatic heterocycles. The lowest BCUT2D eigenvalue weighted by Gasteiger charge is -2.39. The first-order valence-electron chi connectivity index (χ1n) is 9.78. The molecule has 1 aliphatic heterocycles. The Balaban J connectivity index is 1.88. The quantitative estimate of drug-likeness (QED) is 0.513. The van der Waals surface area contributed by atoms with E-state index in [2.05, 4.69) is 31.0 Å². The summed E-state index contributed by atoms with van der Waals surface area (Å²) in [6.45, 7) is 6.34. The molecule has 0 spiro atoms. The highest BCUT2D eigenvalue weighted by Gasteiger charge is 2.35. The largest absolute Gasteiger partial charge is 0.477 e. The molecule has 7 nitrogen and oxygen atoms in total. The van der Waals surface area contributed by atoms with E-state index in [-0.39, 0.29) is 17.0 Å². The molecule has 2 N–H and O–H groups in total. The molecule has 1 aliphatic rings. The van der Waals surface area contributed by atoms with Gasteiger partial charge in [-0.2, -0.15) is 5.10 Å². The van der Waals surface area contributed by atoms with Crippen LogP contribution in [-0.2, 0) is 6.42 Å². The zero-order chi connectivity index (χ0) is 21.2. The molecule has 1 atom stereocenters. The predicted octanol–water partition coefficient (Wildman–Crippen LogP) is 4.49. The summed E-state index contributed by atoms with van der Waals surface area (Å²) < 4.78 is 7.85. The molecule has 30 heavy (non-hydrogen) atoms. The van der Waals surface area contributed by atoms with Crippen LogP contribution in [0.5, 0.6) is 0 Å². The first-order valence-corrected chi connectivity index (χ1v) is 9.78. The number of hydrogen-bond donors (Lipinski definition) is 2. The van der Waals surface area contributed by atoms with E-state index >= 15 is 0 Å². The van der Waals surface area contributed by atoms with Gasteiger partial charge in [0.1, 0.15) is 11.1 Å². The number of carboxylic acid groups (broad SMARTS) is 1. The van der Waals surface area contributed by atoms with E-state index in [1.807, 2.05) is 22.8 Å². The van der Waals surface area contributed by atoms with Crippen LogP contribution in [0, 0.1) is 5.41 Å². The number of H-pyrrole nitrogens is 1. The molecule has 0 unspecified atom stereocenters. The summed E-state index contributed by atoms with van der Waals surface area (Å²) in [6, 6.07) is 7.25. The van der Waals surface area contributed by atoms with Gasteiger partial charge in [0.15, 0.2) is 5.43 Å². The number of nitrogens with one attached hydrogen (secondary N) is 1. The minimum Gasteiger partial charge on any atom is -0.477 e. The number of hydrogen-bond acceptors (Lipinski definition) is 4. The van der Waals surface area contributed by atoms with Gasteiger partial charge < -0.3 is 14.1 Å². The number of fused-ring (bicyclic) bond motifs is 5. The van der Waals surface area contributed by atoms with Crippen molar-refractivity contribution >= 4 is 16.9 Å². The van der Waals surface area contributed by atoms with Crippen molar-refractivity contribution in [3.63, 3.8) is 0 Å². The van der Waals surface area contributed by atoms with E-state index in [1.54, 1.807) is 12.5 Å². The number of aromatic carboxylic acids is 1. The second kappa shape index (κ2) is 6.19. The highest BCUT2D eigenvalue weighted by atomic mass is 16.4. The van der Waals surface area contributed by atoms with Gasteiger partial charge in [-0.05, 0) is 30.0 Å². The summed E-state index contributed by atoms with van der Waals surface area (Å²) >= 11 is 0. The highest BCUT2D eigenvalue weighted by Crippen LogP contribution is 2.46. The number of carbonyl (C=O) groups is 1. The standard InChI is InChI=1S/C23H21N3O4/c1-23(2,3)20-9-15-14(18-10-19(27)16(22(28)29)11-26(18)20)8-13(17-4-6-24-25-17)12-5-7-30-21(12)15/h4-8,10-11,20H,9H2,1-3H3,(H,24,25)(H,28,29)/t20-/m0/s1. The Morgan fingerprint density at radius 1 is 1.27 bits per heavy atom. The lowest BCUT2D eigenvalue weighted by Crippen LogP contribution is -2.32. The number of nitrogens with zero attached hydrogens (tertiary/aromatic N) is 2. The summed E-state index contributed by atoms with van der Waals surface area (Å²) in [4.78, 5) is 24.2. The smallest absolute Gasteiger partial charge is 0.341 e. The minimum atomic E-state index is -1.21. The maximum Gasteiger partial charge on any atom is 0.341 e. The van der Waals surface area contributed by atoms with Crippen molar-refractivity contribution < 1.29 is 14.3 Å². The molecule has 0 aliphatic carbocycles. The number of aromatic amines is 1. The molecule has 4 aromatic rings. The minimum absolute atomic E-state index is 0.0370. The van der Waals surface area contributed by atoms with Gasteiger partial charge in [-0.25, -0.2) is 4.79 Å². The van der Waals surface area contributed by atoms with Gasteiger partial charge in [0.05, 0.1) is 17.7 Å². The van der Waals surface area contributed by atoms with Gasteiger partial charge in [-0.1, -0.05) is 20.8 Å². The van der Waals surface area contributed by atoms with Crippen LogP contribution in [0.4, 0.5) is 0 Å². The molecule has 0 saturated carbocycles. The van der Waals surface area contributed by atoms with Gasteiger partial charge in [-0.3, -0.25) is 9.89 Å². The third-order valence-corrected chi connectivity index (χ3v) is 5.95. The van der Waals surface area contributed by atoms with Crippen molar-refractivity contribution in [2.24, 2.45) is 5.41 Å². The van der Waals surface area contributed by atoms with Crippen LogP contribution < -0.4 is 5.43 Å². The monoisotopic (exact) mass is 403 g/mol. The normalized spacial score (nSPS) is 15.8. The van der Waals surface area contributed by atoms with Crippen LogP contribution in [0.15, 0.2) is 52.1 Å². The van der Waals surface area contributed by atoms with Crippen molar-refractivity contribution in [2.45, 2.75) is 33.2 Å². The average Bonchev–Trinajstić information content (AvgIpc) is 3.37. The van der Waals surface area contributed by atoms with E-state index in [0.29, 0.717) is 12.1 Å². The van der Waals surface area contributed by atoms with Crippen molar-refractivity contribution in [3.05, 3.63) is 64.3 Å². The van der Waals surface area contributed by atoms with Crippen LogP contribution in [0.25, 0.3) is 33.5 Å². The summed E-state index contributed by atoms with van der Waals surface area (Å²) in [6.07, 6.45) is 5.52. The van der Waals surface area contributed by atoms with Gasteiger partial charge in [0.2, 0.25) is 0 Å². The molecule has 0 radical (unpaired) electrons. The zero-order valence-electron chi connectivity index (χ0n) is 16.9. The molecule has 152 valence electrons. The van der Waals surface area contributed by atoms with Crippen molar-refractivity contribution in [1.29, 1.82) is 0 Å². The molecule has 0 bridgehead atoms. The van der Waals surface area contributed by atoms with Gasteiger partial charge >= 0.3 is 5.97 Å². The van der Waals surface area contributed by atoms with E-state index in [1.165, 1.54) is 12.3 Å². The number of aromatic nitrogens is 3. The molecule has 0 fully saturated rings. The first-order chi connectivity index (χ1) is 14.3. The topological polar surface area (TPSA) is 101 Å². The van der Waals surface area contributed by atoms with Crippen molar-refractivity contribution in [1.82, 2.24) is 14.8 Å². The zero-order valence-corrected chi connectivity index (χ0v) is 16.9. The van der Waals surface area contributed by atoms with Crippen LogP contribution in [0.2, 0.25) is 0 Å². The fourth-order valence-electron chi connectivity index (χ4n) is 4.45. The second-order valence-electron chi connectivity index (χ2n) is 8.82. The first kappa shape index (κ1) is 18.4. The molecule has 0 saturated heterocycles. The SMILES string of the molecule is CC(C)(C)[C@@H]1Cc2c(cc(-c3ccn[nH]3)c3ccoc23)-c2cc(=O)c(C(=O)O)cn21. The summed E-state index contributed by atoms with van der Waals surface area (Å²) in [5, 5.41) is 17.5. The summed E-state index contributed by atoms with van der Waals surface area (Å²) in [7, 11) is 0. The molecule has 1 aromatic carbocycles. The van der Waals surface area contributed by atoms with E-state index in [0.717, 1.165) is 33.4 Å². The van der Waals surface area contributed by atoms with Gasteiger partial charge in [-0.15, -0.1) is 0 Å². The molecule has 7 heteroatoms. The molecule has 5 rings (SSSR count). The van der Waals surface area contributed by atoms with E-state index in [4.69, 9.17) is 4.42 Å². The average molecular weight is 403 g/mol. The number of benzene rings is 1. The fraction of sp³-hybridized carbons (Fsp3) is 0.261. The highest BCUT2D eigenvalue weighted by molar-refractivity contribution is 5.99. The number of furan rings is 1. The third kappa shape index (κ3) is 2.62. The van der Waals surface area contributed by atoms with Crippen LogP contribution in [0.3, 0.4) is 0 Å². The van der Waals surface area contributed by atoms with Crippen molar-refractivity contribution in [3.8, 4) is 22.5 Å². The molecular formula is C23H21N3O4. The summed E-state index contributed by atoms with van der Waals surface area (Å²) in [5.74, 6) is -1.21. The van der Waals surface area contributed by atoms with Crippen LogP contribution in [0.1, 0.15) is 42.7 Å². The Hall–Kier alpha value is -3.61. The van der Waals surface area contributed by atoms with E-state index in [9.17, 15) is 14.7 Å². The Labute approximate surface area is 172 Å². The Kier molecular flexibility index (Phi) is 3.80. The molecule has 0 amide bonds. The van der Waals surface area contributed by atoms with E-state index < -0.39 is 11.4 Å².